The average Bonchev–Trinajstić information content (AvgIpc) is 2.35. The van der Waals surface area contributed by atoms with Crippen LogP contribution in [0.25, 0.3) is 0 Å². The fourth-order valence-corrected chi connectivity index (χ4v) is 1.86. The van der Waals surface area contributed by atoms with Gasteiger partial charge in [-0.15, -0.1) is 0 Å². The lowest BCUT2D eigenvalue weighted by atomic mass is 10.1. The van der Waals surface area contributed by atoms with Gasteiger partial charge in [0, 0.05) is 25.8 Å². The molecule has 4 heteroatoms. The Bertz CT molecular complexity index is 390. The highest BCUT2D eigenvalue weighted by molar-refractivity contribution is 6.00. The highest BCUT2D eigenvalue weighted by Gasteiger charge is 2.14. The topological polar surface area (TPSA) is 58.4 Å². The number of carbonyl (C=O) groups excluding carboxylic acids is 1. The number of benzene rings is 1. The van der Waals surface area contributed by atoms with Crippen molar-refractivity contribution in [3.63, 3.8) is 0 Å². The van der Waals surface area contributed by atoms with Crippen molar-refractivity contribution in [2.75, 3.05) is 30.8 Å². The lowest BCUT2D eigenvalue weighted by Gasteiger charge is -2.25. The first-order valence-electron chi connectivity index (χ1n) is 6.00. The second-order valence-corrected chi connectivity index (χ2v) is 3.94. The molecule has 0 bridgehead atoms. The van der Waals surface area contributed by atoms with E-state index in [-0.39, 0.29) is 5.91 Å². The van der Waals surface area contributed by atoms with Crippen LogP contribution in [0.5, 0.6) is 0 Å². The Kier molecular flexibility index (Phi) is 4.82. The molecule has 1 amide bonds. The number of amides is 1. The van der Waals surface area contributed by atoms with Gasteiger partial charge in [-0.3, -0.25) is 4.79 Å². The molecule has 94 valence electrons. The number of nitrogens with two attached hydrogens (primary N) is 1. The van der Waals surface area contributed by atoms with Crippen molar-refractivity contribution >= 4 is 17.3 Å². The molecule has 1 aromatic rings. The quantitative estimate of drug-likeness (QED) is 0.766. The third-order valence-electron chi connectivity index (χ3n) is 2.71. The maximum Gasteiger partial charge on any atom is 0.253 e. The normalized spacial score (nSPS) is 10.1. The summed E-state index contributed by atoms with van der Waals surface area (Å²) in [4.78, 5) is 14.0. The molecule has 0 radical (unpaired) electrons. The number of anilines is 2. The van der Waals surface area contributed by atoms with E-state index in [4.69, 9.17) is 5.73 Å². The van der Waals surface area contributed by atoms with Gasteiger partial charge in [0.25, 0.3) is 5.91 Å². The van der Waals surface area contributed by atoms with Gasteiger partial charge in [0.2, 0.25) is 0 Å². The van der Waals surface area contributed by atoms with Gasteiger partial charge in [-0.05, 0) is 31.5 Å². The van der Waals surface area contributed by atoms with Gasteiger partial charge in [0.15, 0.2) is 0 Å². The summed E-state index contributed by atoms with van der Waals surface area (Å²) in [6, 6.07) is 5.40. The summed E-state index contributed by atoms with van der Waals surface area (Å²) >= 11 is 0. The molecule has 0 spiro atoms. The Labute approximate surface area is 103 Å². The van der Waals surface area contributed by atoms with E-state index >= 15 is 0 Å². The monoisotopic (exact) mass is 235 g/mol. The Morgan fingerprint density at radius 3 is 2.65 bits per heavy atom. The zero-order chi connectivity index (χ0) is 12.8. The average molecular weight is 235 g/mol. The second kappa shape index (κ2) is 6.13. The third-order valence-corrected chi connectivity index (χ3v) is 2.71. The van der Waals surface area contributed by atoms with Gasteiger partial charge in [0.1, 0.15) is 0 Å². The van der Waals surface area contributed by atoms with E-state index in [1.54, 1.807) is 19.2 Å². The molecule has 0 fully saturated rings. The van der Waals surface area contributed by atoms with E-state index in [0.29, 0.717) is 11.3 Å². The minimum atomic E-state index is -0.0745. The standard InChI is InChI=1S/C13H21N3O/c1-4-8-16(5-2)12-9-10(14)6-7-11(12)13(17)15-3/h6-7,9H,4-5,8,14H2,1-3H3,(H,15,17). The Morgan fingerprint density at radius 2 is 2.12 bits per heavy atom. The molecule has 0 heterocycles. The molecule has 0 saturated carbocycles. The van der Waals surface area contributed by atoms with Crippen LogP contribution in [0.1, 0.15) is 30.6 Å². The van der Waals surface area contributed by atoms with E-state index in [2.05, 4.69) is 24.1 Å². The molecule has 0 atom stereocenters. The number of nitrogens with one attached hydrogen (secondary N) is 1. The van der Waals surface area contributed by atoms with Crippen LogP contribution in [0.3, 0.4) is 0 Å². The molecule has 3 N–H and O–H groups in total. The van der Waals surface area contributed by atoms with Crippen molar-refractivity contribution < 1.29 is 4.79 Å². The largest absolute Gasteiger partial charge is 0.399 e. The zero-order valence-corrected chi connectivity index (χ0v) is 10.8. The zero-order valence-electron chi connectivity index (χ0n) is 10.8. The van der Waals surface area contributed by atoms with Crippen molar-refractivity contribution in [3.05, 3.63) is 23.8 Å². The first-order valence-corrected chi connectivity index (χ1v) is 6.00. The number of carbonyl (C=O) groups is 1. The van der Waals surface area contributed by atoms with Gasteiger partial charge in [0.05, 0.1) is 11.3 Å². The molecule has 0 aliphatic rings. The van der Waals surface area contributed by atoms with Crippen LogP contribution < -0.4 is 16.0 Å². The molecule has 17 heavy (non-hydrogen) atoms. The highest BCUT2D eigenvalue weighted by Crippen LogP contribution is 2.23. The van der Waals surface area contributed by atoms with Crippen LogP contribution in [-0.2, 0) is 0 Å². The predicted molar refractivity (Wildman–Crippen MR) is 72.4 cm³/mol. The molecule has 0 aromatic heterocycles. The molecule has 1 aromatic carbocycles. The van der Waals surface area contributed by atoms with Crippen LogP contribution in [-0.4, -0.2) is 26.0 Å². The SMILES string of the molecule is CCCN(CC)c1cc(N)ccc1C(=O)NC. The molecule has 0 saturated heterocycles. The minimum absolute atomic E-state index is 0.0745. The Hall–Kier alpha value is -1.71. The summed E-state index contributed by atoms with van der Waals surface area (Å²) in [6.07, 6.45) is 1.04. The van der Waals surface area contributed by atoms with Crippen LogP contribution in [0.15, 0.2) is 18.2 Å². The summed E-state index contributed by atoms with van der Waals surface area (Å²) in [5.41, 5.74) is 8.07. The van der Waals surface area contributed by atoms with E-state index in [9.17, 15) is 4.79 Å². The van der Waals surface area contributed by atoms with Crippen LogP contribution in [0, 0.1) is 0 Å². The lowest BCUT2D eigenvalue weighted by molar-refractivity contribution is 0.0963. The number of rotatable bonds is 5. The Balaban J connectivity index is 3.17. The summed E-state index contributed by atoms with van der Waals surface area (Å²) in [5.74, 6) is -0.0745. The van der Waals surface area contributed by atoms with Gasteiger partial charge in [-0.2, -0.15) is 0 Å². The molecule has 0 unspecified atom stereocenters. The van der Waals surface area contributed by atoms with E-state index in [0.717, 1.165) is 25.2 Å². The van der Waals surface area contributed by atoms with Crippen molar-refractivity contribution in [2.45, 2.75) is 20.3 Å². The van der Waals surface area contributed by atoms with Crippen LogP contribution in [0.2, 0.25) is 0 Å². The number of hydrogen-bond acceptors (Lipinski definition) is 3. The fourth-order valence-electron chi connectivity index (χ4n) is 1.86. The Morgan fingerprint density at radius 1 is 1.41 bits per heavy atom. The van der Waals surface area contributed by atoms with Gasteiger partial charge >= 0.3 is 0 Å². The molecule has 0 aliphatic heterocycles. The third kappa shape index (κ3) is 3.12. The van der Waals surface area contributed by atoms with Gasteiger partial charge in [-0.1, -0.05) is 6.92 Å². The number of hydrogen-bond donors (Lipinski definition) is 2. The molecule has 4 nitrogen and oxygen atoms in total. The van der Waals surface area contributed by atoms with Crippen LogP contribution >= 0.6 is 0 Å². The van der Waals surface area contributed by atoms with Crippen LogP contribution in [0.4, 0.5) is 11.4 Å². The summed E-state index contributed by atoms with van der Waals surface area (Å²) in [7, 11) is 1.64. The molecule has 0 aliphatic carbocycles. The summed E-state index contributed by atoms with van der Waals surface area (Å²) < 4.78 is 0. The molecule has 1 rings (SSSR count). The maximum absolute atomic E-state index is 11.8. The number of nitrogen functional groups attached to an aromatic ring is 1. The second-order valence-electron chi connectivity index (χ2n) is 3.94. The first kappa shape index (κ1) is 13.4. The maximum atomic E-state index is 11.8. The van der Waals surface area contributed by atoms with E-state index in [1.165, 1.54) is 0 Å². The number of nitrogens with zero attached hydrogens (tertiary/aromatic N) is 1. The fraction of sp³-hybridized carbons (Fsp3) is 0.462. The molecular formula is C13H21N3O. The van der Waals surface area contributed by atoms with Crippen molar-refractivity contribution in [1.29, 1.82) is 0 Å². The van der Waals surface area contributed by atoms with E-state index < -0.39 is 0 Å². The van der Waals surface area contributed by atoms with Crippen molar-refractivity contribution in [1.82, 2.24) is 5.32 Å². The smallest absolute Gasteiger partial charge is 0.253 e. The first-order chi connectivity index (χ1) is 8.13. The van der Waals surface area contributed by atoms with Crippen molar-refractivity contribution in [3.8, 4) is 0 Å². The minimum Gasteiger partial charge on any atom is -0.399 e. The lowest BCUT2D eigenvalue weighted by Crippen LogP contribution is -2.28. The van der Waals surface area contributed by atoms with E-state index in [1.807, 2.05) is 6.07 Å². The van der Waals surface area contributed by atoms with Gasteiger partial charge in [-0.25, -0.2) is 0 Å². The van der Waals surface area contributed by atoms with Gasteiger partial charge < -0.3 is 16.0 Å². The summed E-state index contributed by atoms with van der Waals surface area (Å²) in [5, 5.41) is 2.66. The molecular weight excluding hydrogens is 214 g/mol. The van der Waals surface area contributed by atoms with Crippen molar-refractivity contribution in [2.24, 2.45) is 0 Å². The highest BCUT2D eigenvalue weighted by atomic mass is 16.1. The summed E-state index contributed by atoms with van der Waals surface area (Å²) in [6.45, 7) is 5.98. The predicted octanol–water partition coefficient (Wildman–Crippen LogP) is 1.86.